The monoisotopic (exact) mass is 490 g/mol. The number of rotatable bonds is 4. The van der Waals surface area contributed by atoms with Gasteiger partial charge in [0.15, 0.2) is 0 Å². The minimum Gasteiger partial charge on any atom is -0.497 e. The van der Waals surface area contributed by atoms with Gasteiger partial charge in [-0.1, -0.05) is 28.1 Å². The van der Waals surface area contributed by atoms with E-state index in [9.17, 15) is 4.79 Å². The minimum absolute atomic E-state index is 0.0807. The van der Waals surface area contributed by atoms with E-state index in [0.717, 1.165) is 32.6 Å². The lowest BCUT2D eigenvalue weighted by Crippen LogP contribution is -2.25. The predicted octanol–water partition coefficient (Wildman–Crippen LogP) is 4.28. The molecule has 2 aromatic heterocycles. The molecule has 0 bridgehead atoms. The van der Waals surface area contributed by atoms with E-state index in [4.69, 9.17) is 4.74 Å². The zero-order valence-electron chi connectivity index (χ0n) is 17.4. The molecule has 9 heteroatoms. The van der Waals surface area contributed by atoms with Gasteiger partial charge in [0.1, 0.15) is 11.6 Å². The fourth-order valence-corrected chi connectivity index (χ4v) is 4.40. The molecule has 1 amide bonds. The van der Waals surface area contributed by atoms with Gasteiger partial charge in [-0.3, -0.25) is 4.79 Å². The Hall–Kier alpha value is -3.59. The number of carbonyl (C=O) groups is 1. The summed E-state index contributed by atoms with van der Waals surface area (Å²) < 4.78 is 7.75. The number of amides is 1. The molecule has 32 heavy (non-hydrogen) atoms. The number of ether oxygens (including phenoxy) is 1. The van der Waals surface area contributed by atoms with Crippen LogP contribution < -0.4 is 10.1 Å². The molecule has 1 aliphatic heterocycles. The maximum Gasteiger partial charge on any atom is 0.272 e. The van der Waals surface area contributed by atoms with Crippen LogP contribution in [0.3, 0.4) is 0 Å². The molecular weight excluding hydrogens is 472 g/mol. The van der Waals surface area contributed by atoms with Crippen molar-refractivity contribution in [3.8, 4) is 23.0 Å². The molecule has 0 unspecified atom stereocenters. The van der Waals surface area contributed by atoms with Gasteiger partial charge in [-0.25, -0.2) is 4.98 Å². The molecule has 5 rings (SSSR count). The average Bonchev–Trinajstić information content (AvgIpc) is 3.15. The van der Waals surface area contributed by atoms with Crippen LogP contribution in [0.5, 0.6) is 5.75 Å². The maximum atomic E-state index is 12.6. The van der Waals surface area contributed by atoms with Gasteiger partial charge in [-0.05, 0) is 48.9 Å². The Kier molecular flexibility index (Phi) is 5.18. The molecule has 0 fully saturated rings. The van der Waals surface area contributed by atoms with Gasteiger partial charge < -0.3 is 10.1 Å². The molecule has 1 atom stereocenters. The van der Waals surface area contributed by atoms with E-state index in [2.05, 4.69) is 41.5 Å². The quantitative estimate of drug-likeness (QED) is 0.458. The molecule has 2 aromatic carbocycles. The third-order valence-electron chi connectivity index (χ3n) is 5.48. The molecule has 0 aliphatic carbocycles. The van der Waals surface area contributed by atoms with Crippen LogP contribution in [0, 0.1) is 6.92 Å². The van der Waals surface area contributed by atoms with Crippen molar-refractivity contribution in [2.45, 2.75) is 19.3 Å². The second kappa shape index (κ2) is 8.16. The summed E-state index contributed by atoms with van der Waals surface area (Å²) in [5.41, 5.74) is 4.33. The molecule has 0 spiro atoms. The van der Waals surface area contributed by atoms with Crippen molar-refractivity contribution in [3.05, 3.63) is 76.0 Å². The summed E-state index contributed by atoms with van der Waals surface area (Å²) in [5, 5.41) is 15.9. The van der Waals surface area contributed by atoms with Gasteiger partial charge >= 0.3 is 0 Å². The number of benzene rings is 2. The topological polar surface area (TPSA) is 94.8 Å². The van der Waals surface area contributed by atoms with Gasteiger partial charge in [-0.2, -0.15) is 14.9 Å². The van der Waals surface area contributed by atoms with Crippen LogP contribution in [0.4, 0.5) is 5.82 Å². The number of anilines is 1. The lowest BCUT2D eigenvalue weighted by atomic mass is 9.86. The van der Waals surface area contributed by atoms with E-state index in [-0.39, 0.29) is 17.8 Å². The molecule has 0 saturated heterocycles. The van der Waals surface area contributed by atoms with Gasteiger partial charge in [0, 0.05) is 27.9 Å². The predicted molar refractivity (Wildman–Crippen MR) is 123 cm³/mol. The number of halogens is 1. The van der Waals surface area contributed by atoms with Crippen molar-refractivity contribution < 1.29 is 9.53 Å². The fourth-order valence-electron chi connectivity index (χ4n) is 3.98. The second-order valence-electron chi connectivity index (χ2n) is 7.49. The highest BCUT2D eigenvalue weighted by atomic mass is 79.9. The standard InChI is InChI=1S/C23H19BrN6O2/c1-13-21-18(15-4-3-5-16(24)10-15)11-20(31)27-22(21)30(29-13)23-26-19(12-25-28-23)14-6-8-17(32-2)9-7-14/h3-10,12,18H,11H2,1-2H3,(H,27,31)/t18-/m0/s1. The summed E-state index contributed by atoms with van der Waals surface area (Å²) in [6, 6.07) is 15.5. The van der Waals surface area contributed by atoms with E-state index < -0.39 is 0 Å². The summed E-state index contributed by atoms with van der Waals surface area (Å²) >= 11 is 3.53. The molecular formula is C23H19BrN6O2. The van der Waals surface area contributed by atoms with Crippen molar-refractivity contribution in [2.24, 2.45) is 0 Å². The zero-order chi connectivity index (χ0) is 22.2. The Labute approximate surface area is 192 Å². The fraction of sp³-hybridized carbons (Fsp3) is 0.174. The van der Waals surface area contributed by atoms with Crippen LogP contribution in [-0.4, -0.2) is 38.0 Å². The highest BCUT2D eigenvalue weighted by Gasteiger charge is 2.33. The van der Waals surface area contributed by atoms with Gasteiger partial charge in [0.05, 0.1) is 24.7 Å². The maximum absolute atomic E-state index is 12.6. The molecule has 0 saturated carbocycles. The third kappa shape index (κ3) is 3.64. The Morgan fingerprint density at radius 1 is 1.19 bits per heavy atom. The van der Waals surface area contributed by atoms with E-state index >= 15 is 0 Å². The number of methoxy groups -OCH3 is 1. The minimum atomic E-state index is -0.109. The van der Waals surface area contributed by atoms with Crippen LogP contribution in [-0.2, 0) is 4.79 Å². The molecule has 8 nitrogen and oxygen atoms in total. The van der Waals surface area contributed by atoms with Crippen LogP contribution in [0.1, 0.15) is 29.2 Å². The van der Waals surface area contributed by atoms with E-state index in [0.29, 0.717) is 17.9 Å². The molecule has 1 N–H and O–H groups in total. The summed E-state index contributed by atoms with van der Waals surface area (Å²) in [5.74, 6) is 1.44. The van der Waals surface area contributed by atoms with Crippen LogP contribution in [0.2, 0.25) is 0 Å². The largest absolute Gasteiger partial charge is 0.497 e. The summed E-state index contributed by atoms with van der Waals surface area (Å²) in [6.07, 6.45) is 1.94. The van der Waals surface area contributed by atoms with E-state index in [1.165, 1.54) is 0 Å². The Bertz CT molecular complexity index is 1320. The Morgan fingerprint density at radius 2 is 2.00 bits per heavy atom. The first-order valence-electron chi connectivity index (χ1n) is 10.0. The molecule has 160 valence electrons. The molecule has 1 aliphatic rings. The Morgan fingerprint density at radius 3 is 2.75 bits per heavy atom. The SMILES string of the molecule is COc1ccc(-c2cnnc(-n3nc(C)c4c3NC(=O)C[C@H]4c3cccc(Br)c3)n2)cc1. The van der Waals surface area contributed by atoms with Crippen LogP contribution in [0.15, 0.2) is 59.2 Å². The first kappa shape index (κ1) is 20.3. The zero-order valence-corrected chi connectivity index (χ0v) is 19.0. The highest BCUT2D eigenvalue weighted by molar-refractivity contribution is 9.10. The summed E-state index contributed by atoms with van der Waals surface area (Å²) in [6.45, 7) is 1.93. The Balaban J connectivity index is 1.59. The normalized spacial score (nSPS) is 15.2. The average molecular weight is 491 g/mol. The third-order valence-corrected chi connectivity index (χ3v) is 5.97. The smallest absolute Gasteiger partial charge is 0.272 e. The number of carbonyl (C=O) groups excluding carboxylic acids is 1. The van der Waals surface area contributed by atoms with E-state index in [1.54, 1.807) is 18.0 Å². The highest BCUT2D eigenvalue weighted by Crippen LogP contribution is 2.40. The van der Waals surface area contributed by atoms with Gasteiger partial charge in [-0.15, -0.1) is 5.10 Å². The van der Waals surface area contributed by atoms with Crippen molar-refractivity contribution in [1.82, 2.24) is 25.0 Å². The first-order chi connectivity index (χ1) is 15.5. The number of nitrogens with one attached hydrogen (secondary N) is 1. The lowest BCUT2D eigenvalue weighted by Gasteiger charge is -2.24. The van der Waals surface area contributed by atoms with Crippen molar-refractivity contribution in [1.29, 1.82) is 0 Å². The van der Waals surface area contributed by atoms with Crippen molar-refractivity contribution >= 4 is 27.7 Å². The van der Waals surface area contributed by atoms with Crippen molar-refractivity contribution in [3.63, 3.8) is 0 Å². The van der Waals surface area contributed by atoms with Crippen LogP contribution in [0.25, 0.3) is 17.2 Å². The number of aryl methyl sites for hydroxylation is 1. The number of hydrogen-bond acceptors (Lipinski definition) is 6. The van der Waals surface area contributed by atoms with Crippen LogP contribution >= 0.6 is 15.9 Å². The van der Waals surface area contributed by atoms with E-state index in [1.807, 2.05) is 55.5 Å². The molecule has 3 heterocycles. The van der Waals surface area contributed by atoms with Gasteiger partial charge in [0.2, 0.25) is 5.91 Å². The van der Waals surface area contributed by atoms with Crippen molar-refractivity contribution in [2.75, 3.05) is 12.4 Å². The van der Waals surface area contributed by atoms with Gasteiger partial charge in [0.25, 0.3) is 5.95 Å². The number of hydrogen-bond donors (Lipinski definition) is 1. The number of nitrogens with zero attached hydrogens (tertiary/aromatic N) is 5. The lowest BCUT2D eigenvalue weighted by molar-refractivity contribution is -0.116. The first-order valence-corrected chi connectivity index (χ1v) is 10.8. The summed E-state index contributed by atoms with van der Waals surface area (Å²) in [7, 11) is 1.62. The number of aromatic nitrogens is 5. The summed E-state index contributed by atoms with van der Waals surface area (Å²) in [4.78, 5) is 17.3. The molecule has 4 aromatic rings. The molecule has 0 radical (unpaired) electrons. The second-order valence-corrected chi connectivity index (χ2v) is 8.41. The number of fused-ring (bicyclic) bond motifs is 1.